The van der Waals surface area contributed by atoms with Crippen LogP contribution in [0.1, 0.15) is 45.4 Å². The number of likely N-dealkylation sites (tertiary alicyclic amines) is 1. The summed E-state index contributed by atoms with van der Waals surface area (Å²) >= 11 is 1.75. The Labute approximate surface area is 219 Å². The van der Waals surface area contributed by atoms with Gasteiger partial charge in [0.05, 0.1) is 18.1 Å². The lowest BCUT2D eigenvalue weighted by Gasteiger charge is -2.44. The van der Waals surface area contributed by atoms with Crippen LogP contribution >= 0.6 is 11.8 Å². The van der Waals surface area contributed by atoms with Crippen molar-refractivity contribution in [3.63, 3.8) is 0 Å². The van der Waals surface area contributed by atoms with Crippen LogP contribution in [0.15, 0.2) is 0 Å². The van der Waals surface area contributed by atoms with Gasteiger partial charge in [-0.2, -0.15) is 5.26 Å². The molecule has 5 rings (SSSR count). The Morgan fingerprint density at radius 2 is 1.92 bits per heavy atom. The maximum absolute atomic E-state index is 13.6. The van der Waals surface area contributed by atoms with Crippen molar-refractivity contribution >= 4 is 23.6 Å². The number of carbonyl (C=O) groups is 2. The topological polar surface area (TPSA) is 119 Å². The lowest BCUT2D eigenvalue weighted by Crippen LogP contribution is -2.55. The number of fused-ring (bicyclic) bond motifs is 1. The molecule has 0 spiro atoms. The minimum atomic E-state index is -0.137. The first-order valence-electron chi connectivity index (χ1n) is 13.8. The first-order valence-corrected chi connectivity index (χ1v) is 14.8. The Morgan fingerprint density at radius 1 is 1.11 bits per heavy atom. The molecule has 4 saturated heterocycles. The van der Waals surface area contributed by atoms with Crippen LogP contribution in [0.5, 0.6) is 0 Å². The minimum absolute atomic E-state index is 0.0530. The Kier molecular flexibility index (Phi) is 8.43. The highest BCUT2D eigenvalue weighted by Crippen LogP contribution is 2.42. The molecule has 4 heterocycles. The maximum atomic E-state index is 13.6. The predicted octanol–water partition coefficient (Wildman–Crippen LogP) is 0.871. The van der Waals surface area contributed by atoms with Gasteiger partial charge in [0.25, 0.3) is 0 Å². The molecular formula is C26H42N6O3S. The van der Waals surface area contributed by atoms with E-state index in [-0.39, 0.29) is 53.1 Å². The number of rotatable bonds is 5. The smallest absolute Gasteiger partial charge is 0.226 e. The molecule has 0 aromatic carbocycles. The summed E-state index contributed by atoms with van der Waals surface area (Å²) in [4.78, 5) is 28.6. The number of methoxy groups -OCH3 is 1. The number of amides is 2. The van der Waals surface area contributed by atoms with Crippen molar-refractivity contribution in [1.82, 2.24) is 26.2 Å². The van der Waals surface area contributed by atoms with E-state index in [4.69, 9.17) is 4.74 Å². The lowest BCUT2D eigenvalue weighted by molar-refractivity contribution is -0.135. The Hall–Kier alpha value is -1.38. The van der Waals surface area contributed by atoms with E-state index < -0.39 is 0 Å². The number of nitrogens with zero attached hydrogens (tertiary/aromatic N) is 2. The molecule has 5 aliphatic rings. The molecule has 2 amide bonds. The van der Waals surface area contributed by atoms with E-state index in [1.807, 2.05) is 4.90 Å². The normalized spacial score (nSPS) is 41.5. The third kappa shape index (κ3) is 5.56. The van der Waals surface area contributed by atoms with Crippen molar-refractivity contribution in [2.24, 2.45) is 29.6 Å². The molecule has 9 nitrogen and oxygen atoms in total. The van der Waals surface area contributed by atoms with Gasteiger partial charge in [0.2, 0.25) is 11.8 Å². The molecular weight excluding hydrogens is 476 g/mol. The van der Waals surface area contributed by atoms with E-state index in [0.29, 0.717) is 23.7 Å². The average molecular weight is 519 g/mol. The van der Waals surface area contributed by atoms with Crippen molar-refractivity contribution in [2.75, 3.05) is 39.8 Å². The fourth-order valence-electron chi connectivity index (χ4n) is 7.23. The first kappa shape index (κ1) is 26.2. The van der Waals surface area contributed by atoms with E-state index in [9.17, 15) is 14.9 Å². The predicted molar refractivity (Wildman–Crippen MR) is 139 cm³/mol. The molecule has 0 bridgehead atoms. The van der Waals surface area contributed by atoms with Gasteiger partial charge in [-0.25, -0.2) is 0 Å². The summed E-state index contributed by atoms with van der Waals surface area (Å²) < 4.78 is 5.86. The third-order valence-electron chi connectivity index (χ3n) is 9.25. The largest absolute Gasteiger partial charge is 0.381 e. The van der Waals surface area contributed by atoms with Crippen LogP contribution in [-0.4, -0.2) is 85.5 Å². The van der Waals surface area contributed by atoms with Crippen LogP contribution < -0.4 is 21.3 Å². The molecule has 9 atom stereocenters. The fourth-order valence-corrected chi connectivity index (χ4v) is 8.64. The Bertz CT molecular complexity index is 834. The van der Waals surface area contributed by atoms with E-state index in [2.05, 4.69) is 34.3 Å². The lowest BCUT2D eigenvalue weighted by atomic mass is 9.66. The third-order valence-corrected chi connectivity index (χ3v) is 10.6. The van der Waals surface area contributed by atoms with Crippen molar-refractivity contribution < 1.29 is 14.3 Å². The molecule has 4 N–H and O–H groups in total. The van der Waals surface area contributed by atoms with E-state index >= 15 is 0 Å². The molecule has 9 unspecified atom stereocenters. The minimum Gasteiger partial charge on any atom is -0.381 e. The van der Waals surface area contributed by atoms with Gasteiger partial charge in [0, 0.05) is 55.9 Å². The highest BCUT2D eigenvalue weighted by atomic mass is 32.2. The monoisotopic (exact) mass is 518 g/mol. The van der Waals surface area contributed by atoms with Crippen LogP contribution in [-0.2, 0) is 14.3 Å². The molecule has 1 aliphatic carbocycles. The van der Waals surface area contributed by atoms with Crippen LogP contribution in [0.4, 0.5) is 0 Å². The molecule has 1 saturated carbocycles. The average Bonchev–Trinajstić information content (AvgIpc) is 3.47. The van der Waals surface area contributed by atoms with Gasteiger partial charge in [-0.3, -0.25) is 14.9 Å². The zero-order valence-corrected chi connectivity index (χ0v) is 22.4. The maximum Gasteiger partial charge on any atom is 0.226 e. The van der Waals surface area contributed by atoms with Gasteiger partial charge < -0.3 is 25.6 Å². The molecule has 10 heteroatoms. The quantitative estimate of drug-likeness (QED) is 0.424. The Morgan fingerprint density at radius 3 is 2.64 bits per heavy atom. The summed E-state index contributed by atoms with van der Waals surface area (Å²) in [5.74, 6) is 0.883. The summed E-state index contributed by atoms with van der Waals surface area (Å²) in [7, 11) is 1.76. The van der Waals surface area contributed by atoms with Gasteiger partial charge in [-0.05, 0) is 70.4 Å². The summed E-state index contributed by atoms with van der Waals surface area (Å²) in [6, 6.07) is 3.04. The van der Waals surface area contributed by atoms with Crippen LogP contribution in [0.2, 0.25) is 0 Å². The van der Waals surface area contributed by atoms with Gasteiger partial charge in [-0.1, -0.05) is 0 Å². The van der Waals surface area contributed by atoms with Crippen LogP contribution in [0.25, 0.3) is 0 Å². The summed E-state index contributed by atoms with van der Waals surface area (Å²) in [5, 5.41) is 23.6. The number of carbonyl (C=O) groups excluding carboxylic acids is 2. The summed E-state index contributed by atoms with van der Waals surface area (Å²) in [6.07, 6.45) is 5.48. The molecule has 0 radical (unpaired) electrons. The number of thioether (sulfide) groups is 1. The molecule has 36 heavy (non-hydrogen) atoms. The van der Waals surface area contributed by atoms with E-state index in [1.165, 1.54) is 0 Å². The zero-order valence-electron chi connectivity index (χ0n) is 21.6. The van der Waals surface area contributed by atoms with Crippen molar-refractivity contribution in [2.45, 2.75) is 74.4 Å². The fraction of sp³-hybridized carbons (Fsp3) is 0.885. The number of nitriles is 1. The Balaban J connectivity index is 1.17. The first-order chi connectivity index (χ1) is 17.5. The standard InChI is InChI=1S/C26H42N6O3S/c1-15-9-18(19-10-16(11-27)3-4-22(19)35-2)20(12-29-15)24(33)31-26-30-21-13-32(14-23(21)36-26)25(34)17-5-7-28-8-6-17/h15-23,26,28-30H,3-10,12-14H2,1-2H3,(H,31,33). The molecule has 200 valence electrons. The van der Waals surface area contributed by atoms with E-state index in [1.54, 1.807) is 18.9 Å². The highest BCUT2D eigenvalue weighted by Gasteiger charge is 2.47. The number of nitrogens with one attached hydrogen (secondary N) is 4. The zero-order chi connectivity index (χ0) is 25.2. The van der Waals surface area contributed by atoms with Gasteiger partial charge >= 0.3 is 0 Å². The van der Waals surface area contributed by atoms with Gasteiger partial charge in [-0.15, -0.1) is 11.8 Å². The molecule has 0 aromatic rings. The number of hydrogen-bond acceptors (Lipinski definition) is 8. The summed E-state index contributed by atoms with van der Waals surface area (Å²) in [5.41, 5.74) is -0.125. The molecule has 4 aliphatic heterocycles. The van der Waals surface area contributed by atoms with Crippen molar-refractivity contribution in [3.8, 4) is 6.07 Å². The van der Waals surface area contributed by atoms with Gasteiger partial charge in [0.1, 0.15) is 5.50 Å². The SMILES string of the molecule is COC1CCC(C#N)CC1C1CC(C)NCC1C(=O)NC1NC2CN(C(=O)C3CCNCC3)CC2S1. The second-order valence-electron chi connectivity index (χ2n) is 11.5. The van der Waals surface area contributed by atoms with Gasteiger partial charge in [0.15, 0.2) is 0 Å². The second-order valence-corrected chi connectivity index (χ2v) is 12.8. The highest BCUT2D eigenvalue weighted by molar-refractivity contribution is 8.00. The molecule has 5 fully saturated rings. The second kappa shape index (κ2) is 11.6. The van der Waals surface area contributed by atoms with Crippen molar-refractivity contribution in [1.29, 1.82) is 5.26 Å². The van der Waals surface area contributed by atoms with Crippen molar-refractivity contribution in [3.05, 3.63) is 0 Å². The van der Waals surface area contributed by atoms with Crippen LogP contribution in [0, 0.1) is 40.9 Å². The number of ether oxygens (including phenoxy) is 1. The number of hydrogen-bond donors (Lipinski definition) is 4. The van der Waals surface area contributed by atoms with Crippen LogP contribution in [0.3, 0.4) is 0 Å². The summed E-state index contributed by atoms with van der Waals surface area (Å²) in [6.45, 7) is 6.18. The van der Waals surface area contributed by atoms with E-state index in [0.717, 1.165) is 64.7 Å². The number of piperidine rings is 2. The molecule has 0 aromatic heterocycles.